The Labute approximate surface area is 778 Å². The summed E-state index contributed by atoms with van der Waals surface area (Å²) in [4.78, 5) is 41.2. The van der Waals surface area contributed by atoms with E-state index in [1.54, 1.807) is 24.8 Å². The second kappa shape index (κ2) is 40.2. The van der Waals surface area contributed by atoms with Gasteiger partial charge in [0.25, 0.3) is 0 Å². The van der Waals surface area contributed by atoms with Crippen molar-refractivity contribution in [2.24, 2.45) is 0 Å². The number of fused-ring (bicyclic) bond motifs is 17. The molecule has 17 aromatic rings. The van der Waals surface area contributed by atoms with Crippen LogP contribution in [0.5, 0.6) is 0 Å². The van der Waals surface area contributed by atoms with Gasteiger partial charge in [-0.1, -0.05) is 154 Å². The Kier molecular flexibility index (Phi) is 24.3. The predicted octanol–water partition coefficient (Wildman–Crippen LogP) is 29.1. The van der Waals surface area contributed by atoms with Crippen LogP contribution in [0, 0.1) is 69.2 Å². The van der Waals surface area contributed by atoms with Crippen LogP contribution in [-0.2, 0) is 0 Å². The third-order valence-corrected chi connectivity index (χ3v) is 22.7. The molecule has 0 saturated heterocycles. The lowest BCUT2D eigenvalue weighted by Crippen LogP contribution is -2.33. The maximum absolute atomic E-state index is 8.61. The van der Waals surface area contributed by atoms with E-state index in [0.717, 1.165) is 184 Å². The lowest BCUT2D eigenvalue weighted by molar-refractivity contribution is 0.336. The topological polar surface area (TPSA) is 163 Å². The van der Waals surface area contributed by atoms with Crippen molar-refractivity contribution < 1.29 is 38.5 Å². The maximum Gasteiger partial charge on any atom is 0.227 e. The molecule has 20 nitrogen and oxygen atoms in total. The highest BCUT2D eigenvalue weighted by Crippen LogP contribution is 2.50. The van der Waals surface area contributed by atoms with Gasteiger partial charge in [-0.3, -0.25) is 0 Å². The number of rotatable bonds is 8. The van der Waals surface area contributed by atoms with Gasteiger partial charge in [-0.2, -0.15) is 0 Å². The van der Waals surface area contributed by atoms with Crippen LogP contribution in [0.2, 0.25) is 0 Å². The van der Waals surface area contributed by atoms with Crippen LogP contribution in [-0.4, -0.2) is 105 Å². The zero-order chi connectivity index (χ0) is 103. The van der Waals surface area contributed by atoms with Crippen molar-refractivity contribution in [1.29, 1.82) is 0 Å². The van der Waals surface area contributed by atoms with Crippen LogP contribution in [0.15, 0.2) is 229 Å². The largest absolute Gasteiger partial charge is 0.435 e. The fourth-order valence-electron chi connectivity index (χ4n) is 16.6. The van der Waals surface area contributed by atoms with Gasteiger partial charge in [0.05, 0.1) is 88.6 Å². The molecular weight excluding hydrogens is 1600 g/mol. The number of nitrogens with zero attached hydrogens (tertiary/aromatic N) is 15. The fourth-order valence-corrected chi connectivity index (χ4v) is 16.6. The number of hydrogen-bond donors (Lipinski definition) is 0. The SMILES string of the molecule is CC.CC.CC.CC.CC.[2H]C(C)(C)N1C=CN(c2c(C)ccc3c2oc2nc(C)ccc23)C1.[2H]C(C)(C)N1CN(c2c(C)ccc3c2oc2nc(C)ccc23)c2ccccc21.[2H]C([2H])([2H])C([2H])(C)N1C=CN(c2c(C)ccc3c2oc2nc(C)ccc23)C1.[2H]C([2H])([2H])N1C=CN(c2c(C)ccc3c2oc2nc(C)ccc23)C1.[2H]C([2H])([2H])N1CN(c2c(C)ccc3c2oc2nc(C)ccc23)c2ccccc21. The van der Waals surface area contributed by atoms with E-state index in [0.29, 0.717) is 47.6 Å². The van der Waals surface area contributed by atoms with Crippen molar-refractivity contribution >= 4 is 162 Å². The standard InChI is InChI=1S/C23H23N3O.C21H19N3O.2C19H21N3O.C17H17N3O.5C2H6/c1-14(2)25-13-26(20-8-6-5-7-19(20)25)21-15(3)9-11-17-18-12-10-16(4)24-23(18)27-22(17)21;1-13-8-10-15-16-11-9-14(2)22-21(16)25-20(15)19(13)24-12-23(3)17-6-4-5-7-18(17)24;2*1-12(2)21-9-10-22(11-21)17-13(3)5-7-15-16-8-6-14(4)20-19(16)23-18(15)17;1-11-4-6-13-14-7-5-12(2)18-17(14)21-16(13)15(11)20-9-8-19(3)10-20;5*1-2/h5-12,14H,13H2,1-4H3;4-11H,12H2,1-3H3;2*5-10,12H,11H2,1-4H3;4-9H,10H2,1-3H3;5*1-2H3/i14D;3D3;1D3,12D;12D;3D3;;;;;. The summed E-state index contributed by atoms with van der Waals surface area (Å²) in [5, 5.41) is 10.0. The van der Waals surface area contributed by atoms with Gasteiger partial charge in [0.15, 0.2) is 27.9 Å². The Morgan fingerprint density at radius 3 is 0.884 bits per heavy atom. The Balaban J connectivity index is 0.000000145. The van der Waals surface area contributed by atoms with E-state index in [9.17, 15) is 0 Å². The molecule has 1 unspecified atom stereocenters. The van der Waals surface area contributed by atoms with E-state index >= 15 is 0 Å². The van der Waals surface area contributed by atoms with Crippen molar-refractivity contribution in [2.45, 2.75) is 198 Å². The molecule has 5 aliphatic rings. The lowest BCUT2D eigenvalue weighted by Gasteiger charge is -2.26. The molecule has 0 amide bonds. The maximum atomic E-state index is 8.61. The third kappa shape index (κ3) is 18.3. The van der Waals surface area contributed by atoms with Crippen LogP contribution in [0.1, 0.15) is 183 Å². The number of pyridine rings is 5. The van der Waals surface area contributed by atoms with Gasteiger partial charge in [-0.15, -0.1) is 0 Å². The molecule has 0 fully saturated rings. The molecule has 20 heteroatoms. The average molecular weight is 1740 g/mol. The average Bonchev–Trinajstić information content (AvgIpc) is 1.60. The van der Waals surface area contributed by atoms with Crippen molar-refractivity contribution in [2.75, 3.05) is 81.6 Å². The van der Waals surface area contributed by atoms with Crippen LogP contribution >= 0.6 is 0 Å². The number of aryl methyl sites for hydroxylation is 10. The summed E-state index contributed by atoms with van der Waals surface area (Å²) in [5.74, 6) is 0. The molecule has 1 atom stereocenters. The number of furan rings is 5. The molecule has 15 heterocycles. The Hall–Kier alpha value is -13.5. The molecule has 22 rings (SSSR count). The summed E-state index contributed by atoms with van der Waals surface area (Å²) >= 11 is 0. The van der Waals surface area contributed by atoms with Gasteiger partial charge >= 0.3 is 0 Å². The third-order valence-electron chi connectivity index (χ3n) is 22.7. The van der Waals surface area contributed by atoms with Crippen LogP contribution in [0.4, 0.5) is 51.2 Å². The first-order valence-electron chi connectivity index (χ1n) is 50.9. The second-order valence-corrected chi connectivity index (χ2v) is 31.7. The van der Waals surface area contributed by atoms with Gasteiger partial charge in [-0.25, -0.2) is 24.9 Å². The van der Waals surface area contributed by atoms with Crippen LogP contribution in [0.3, 0.4) is 0 Å². The van der Waals surface area contributed by atoms with Crippen molar-refractivity contribution in [3.63, 3.8) is 0 Å². The summed E-state index contributed by atoms with van der Waals surface area (Å²) < 4.78 is 125. The Morgan fingerprint density at radius 2 is 0.566 bits per heavy atom. The van der Waals surface area contributed by atoms with Crippen molar-refractivity contribution in [3.05, 3.63) is 263 Å². The highest BCUT2D eigenvalue weighted by Gasteiger charge is 2.34. The lowest BCUT2D eigenvalue weighted by atomic mass is 10.1. The number of aromatic nitrogens is 5. The summed E-state index contributed by atoms with van der Waals surface area (Å²) in [7, 11) is 0. The molecule has 129 heavy (non-hydrogen) atoms. The summed E-state index contributed by atoms with van der Waals surface area (Å²) in [6, 6.07) is 53.5. The zero-order valence-electron chi connectivity index (χ0n) is 91.4. The van der Waals surface area contributed by atoms with Gasteiger partial charge in [-0.05, 0) is 223 Å². The van der Waals surface area contributed by atoms with Crippen molar-refractivity contribution in [1.82, 2.24) is 39.6 Å². The van der Waals surface area contributed by atoms with Gasteiger partial charge < -0.3 is 71.1 Å². The normalized spacial score (nSPS) is 15.8. The molecule has 10 aromatic heterocycles. The monoisotopic (exact) mass is 1740 g/mol. The Bertz CT molecular complexity index is 7150. The quantitative estimate of drug-likeness (QED) is 0.141. The predicted molar refractivity (Wildman–Crippen MR) is 546 cm³/mol. The number of anilines is 9. The first kappa shape index (κ1) is 77.8. The molecule has 5 aliphatic heterocycles. The van der Waals surface area contributed by atoms with Crippen LogP contribution in [0.25, 0.3) is 110 Å². The molecule has 0 N–H and O–H groups in total. The van der Waals surface area contributed by atoms with Crippen molar-refractivity contribution in [3.8, 4) is 0 Å². The van der Waals surface area contributed by atoms with Gasteiger partial charge in [0.2, 0.25) is 28.6 Å². The minimum Gasteiger partial charge on any atom is -0.435 e. The summed E-state index contributed by atoms with van der Waals surface area (Å²) in [6.07, 6.45) is 10.8. The highest BCUT2D eigenvalue weighted by atomic mass is 16.4. The minimum absolute atomic E-state index is 0.235. The first-order valence-corrected chi connectivity index (χ1v) is 44.9. The summed E-state index contributed by atoms with van der Waals surface area (Å²) in [5.41, 5.74) is 25.4. The summed E-state index contributed by atoms with van der Waals surface area (Å²) in [6.45, 7) is 44.2. The number of benzene rings is 7. The minimum atomic E-state index is -2.42. The van der Waals surface area contributed by atoms with Gasteiger partial charge in [0, 0.05) is 164 Å². The van der Waals surface area contributed by atoms with E-state index in [1.807, 2.05) is 306 Å². The molecule has 0 spiro atoms. The molecule has 0 aliphatic carbocycles. The van der Waals surface area contributed by atoms with E-state index in [1.165, 1.54) is 21.6 Å². The molecule has 672 valence electrons. The highest BCUT2D eigenvalue weighted by molar-refractivity contribution is 6.14. The van der Waals surface area contributed by atoms with E-state index < -0.39 is 38.9 Å². The van der Waals surface area contributed by atoms with E-state index in [-0.39, 0.29) is 20.0 Å². The van der Waals surface area contributed by atoms with Crippen LogP contribution < -0.4 is 34.3 Å². The molecule has 0 saturated carbocycles. The number of hydrogen-bond acceptors (Lipinski definition) is 20. The first-order chi connectivity index (χ1) is 67.0. The second-order valence-electron chi connectivity index (χ2n) is 31.7. The molecule has 0 bridgehead atoms. The molecule has 0 radical (unpaired) electrons. The Morgan fingerprint density at radius 1 is 0.279 bits per heavy atom. The number of para-hydroxylation sites is 4. The molecule has 7 aromatic carbocycles. The van der Waals surface area contributed by atoms with E-state index in [2.05, 4.69) is 102 Å². The smallest absolute Gasteiger partial charge is 0.227 e. The van der Waals surface area contributed by atoms with E-state index in [4.69, 9.17) is 38.5 Å². The fraction of sp³-hybridized carbons (Fsp3) is 0.330. The zero-order valence-corrected chi connectivity index (χ0v) is 79.4. The molecular formula is C109H131N15O5. The van der Waals surface area contributed by atoms with Gasteiger partial charge in [0.1, 0.15) is 0 Å².